The quantitative estimate of drug-likeness (QED) is 0.714. The van der Waals surface area contributed by atoms with E-state index in [0.29, 0.717) is 12.0 Å². The van der Waals surface area contributed by atoms with Crippen LogP contribution in [-0.2, 0) is 14.4 Å². The Bertz CT molecular complexity index is 549. The molecule has 3 N–H and O–H groups in total. The van der Waals surface area contributed by atoms with Gasteiger partial charge in [-0.15, -0.1) is 0 Å². The number of amides is 2. The zero-order valence-electron chi connectivity index (χ0n) is 13.8. The van der Waals surface area contributed by atoms with Crippen LogP contribution in [0.5, 0.6) is 0 Å². The molecule has 0 fully saturated rings. The number of aliphatic carboxylic acids is 1. The molecular weight excluding hydrogens is 296 g/mol. The third-order valence-electron chi connectivity index (χ3n) is 3.05. The number of hydrogen-bond donors (Lipinski definition) is 3. The Balaban J connectivity index is 2.57. The lowest BCUT2D eigenvalue weighted by Gasteiger charge is -2.19. The van der Waals surface area contributed by atoms with Crippen LogP contribution in [0.15, 0.2) is 30.3 Å². The van der Waals surface area contributed by atoms with Gasteiger partial charge in [0.2, 0.25) is 11.8 Å². The summed E-state index contributed by atoms with van der Waals surface area (Å²) in [5, 5.41) is 14.2. The molecule has 0 saturated heterocycles. The van der Waals surface area contributed by atoms with Gasteiger partial charge in [0.05, 0.1) is 19.0 Å². The van der Waals surface area contributed by atoms with E-state index in [9.17, 15) is 14.4 Å². The minimum absolute atomic E-state index is 0.156. The monoisotopic (exact) mass is 320 g/mol. The van der Waals surface area contributed by atoms with Crippen molar-refractivity contribution in [3.05, 3.63) is 35.9 Å². The van der Waals surface area contributed by atoms with Crippen LogP contribution in [-0.4, -0.2) is 29.4 Å². The zero-order chi connectivity index (χ0) is 17.5. The highest BCUT2D eigenvalue weighted by atomic mass is 16.4. The number of carboxylic acids is 1. The van der Waals surface area contributed by atoms with Crippen LogP contribution < -0.4 is 10.6 Å². The van der Waals surface area contributed by atoms with Crippen molar-refractivity contribution in [2.24, 2.45) is 5.41 Å². The van der Waals surface area contributed by atoms with Gasteiger partial charge in [-0.1, -0.05) is 51.1 Å². The Kier molecular flexibility index (Phi) is 6.75. The highest BCUT2D eigenvalue weighted by molar-refractivity contribution is 5.85. The normalized spacial score (nSPS) is 12.3. The summed E-state index contributed by atoms with van der Waals surface area (Å²) in [6, 6.07) is 8.26. The van der Waals surface area contributed by atoms with Gasteiger partial charge in [-0.05, 0) is 11.0 Å². The fourth-order valence-corrected chi connectivity index (χ4v) is 2.08. The van der Waals surface area contributed by atoms with E-state index in [1.165, 1.54) is 0 Å². The van der Waals surface area contributed by atoms with Crippen molar-refractivity contribution in [2.75, 3.05) is 6.54 Å². The minimum atomic E-state index is -1.00. The second-order valence-electron chi connectivity index (χ2n) is 6.64. The van der Waals surface area contributed by atoms with Crippen LogP contribution in [0.4, 0.5) is 0 Å². The van der Waals surface area contributed by atoms with Crippen LogP contribution in [0, 0.1) is 5.41 Å². The molecule has 0 aliphatic rings. The first-order valence-corrected chi connectivity index (χ1v) is 7.50. The molecule has 0 aliphatic heterocycles. The van der Waals surface area contributed by atoms with Crippen LogP contribution in [0.3, 0.4) is 0 Å². The summed E-state index contributed by atoms with van der Waals surface area (Å²) < 4.78 is 0. The van der Waals surface area contributed by atoms with Gasteiger partial charge in [-0.3, -0.25) is 14.4 Å². The second-order valence-corrected chi connectivity index (χ2v) is 6.64. The number of benzene rings is 1. The molecule has 0 aliphatic carbocycles. The van der Waals surface area contributed by atoms with Crippen LogP contribution >= 0.6 is 0 Å². The summed E-state index contributed by atoms with van der Waals surface area (Å²) in [6.45, 7) is 5.64. The standard InChI is InChI=1S/C17H24N2O4/c1-17(2,3)10-14(20)18-11-15(21)19-13(9-16(22)23)12-7-5-4-6-8-12/h4-8,13H,9-11H2,1-3H3,(H,18,20)(H,19,21)(H,22,23). The summed E-state index contributed by atoms with van der Waals surface area (Å²) in [7, 11) is 0. The average Bonchev–Trinajstić information content (AvgIpc) is 2.43. The van der Waals surface area contributed by atoms with Crippen molar-refractivity contribution < 1.29 is 19.5 Å². The number of carbonyl (C=O) groups is 3. The molecule has 6 heteroatoms. The lowest BCUT2D eigenvalue weighted by Crippen LogP contribution is -2.40. The van der Waals surface area contributed by atoms with Crippen LogP contribution in [0.2, 0.25) is 0 Å². The van der Waals surface area contributed by atoms with Gasteiger partial charge in [0, 0.05) is 6.42 Å². The Hall–Kier alpha value is -2.37. The fourth-order valence-electron chi connectivity index (χ4n) is 2.08. The maximum Gasteiger partial charge on any atom is 0.305 e. The first-order valence-electron chi connectivity index (χ1n) is 7.50. The van der Waals surface area contributed by atoms with Crippen LogP contribution in [0.25, 0.3) is 0 Å². The summed E-state index contributed by atoms with van der Waals surface area (Å²) in [5.74, 6) is -1.62. The summed E-state index contributed by atoms with van der Waals surface area (Å²) in [5.41, 5.74) is 0.556. The van der Waals surface area contributed by atoms with E-state index in [1.807, 2.05) is 26.8 Å². The highest BCUT2D eigenvalue weighted by Crippen LogP contribution is 2.18. The van der Waals surface area contributed by atoms with Crippen molar-refractivity contribution in [3.8, 4) is 0 Å². The van der Waals surface area contributed by atoms with E-state index in [-0.39, 0.29) is 24.3 Å². The molecule has 0 spiro atoms. The molecule has 1 rings (SSSR count). The first-order chi connectivity index (χ1) is 10.7. The summed E-state index contributed by atoms with van der Waals surface area (Å²) in [6.07, 6.45) is 0.100. The molecule has 23 heavy (non-hydrogen) atoms. The molecule has 6 nitrogen and oxygen atoms in total. The van der Waals surface area contributed by atoms with E-state index in [2.05, 4.69) is 10.6 Å². The highest BCUT2D eigenvalue weighted by Gasteiger charge is 2.19. The van der Waals surface area contributed by atoms with Gasteiger partial charge in [0.15, 0.2) is 0 Å². The van der Waals surface area contributed by atoms with Gasteiger partial charge in [0.25, 0.3) is 0 Å². The Morgan fingerprint density at radius 1 is 1.09 bits per heavy atom. The van der Waals surface area contributed by atoms with E-state index in [0.717, 1.165) is 0 Å². The van der Waals surface area contributed by atoms with E-state index >= 15 is 0 Å². The number of hydrogen-bond acceptors (Lipinski definition) is 3. The maximum absolute atomic E-state index is 12.0. The number of nitrogens with one attached hydrogen (secondary N) is 2. The number of carboxylic acid groups (broad SMARTS) is 1. The molecule has 2 amide bonds. The Labute approximate surface area is 136 Å². The Morgan fingerprint density at radius 3 is 2.22 bits per heavy atom. The topological polar surface area (TPSA) is 95.5 Å². The van der Waals surface area contributed by atoms with E-state index < -0.39 is 17.9 Å². The average molecular weight is 320 g/mol. The lowest BCUT2D eigenvalue weighted by molar-refractivity contribution is -0.138. The molecule has 0 radical (unpaired) electrons. The molecule has 0 heterocycles. The smallest absolute Gasteiger partial charge is 0.305 e. The van der Waals surface area contributed by atoms with E-state index in [4.69, 9.17) is 5.11 Å². The number of rotatable bonds is 7. The molecule has 0 aromatic heterocycles. The van der Waals surface area contributed by atoms with E-state index in [1.54, 1.807) is 24.3 Å². The molecule has 1 aromatic carbocycles. The van der Waals surface area contributed by atoms with Crippen molar-refractivity contribution in [1.29, 1.82) is 0 Å². The van der Waals surface area contributed by atoms with Crippen molar-refractivity contribution in [3.63, 3.8) is 0 Å². The molecule has 1 unspecified atom stereocenters. The van der Waals surface area contributed by atoms with Crippen molar-refractivity contribution >= 4 is 17.8 Å². The number of carbonyl (C=O) groups excluding carboxylic acids is 2. The van der Waals surface area contributed by atoms with Gasteiger partial charge in [0.1, 0.15) is 0 Å². The van der Waals surface area contributed by atoms with Gasteiger partial charge in [-0.25, -0.2) is 0 Å². The van der Waals surface area contributed by atoms with Crippen molar-refractivity contribution in [1.82, 2.24) is 10.6 Å². The van der Waals surface area contributed by atoms with Crippen molar-refractivity contribution in [2.45, 2.75) is 39.7 Å². The lowest BCUT2D eigenvalue weighted by atomic mass is 9.92. The van der Waals surface area contributed by atoms with Gasteiger partial charge < -0.3 is 15.7 Å². The first kappa shape index (κ1) is 18.7. The predicted octanol–water partition coefficient (Wildman–Crippen LogP) is 1.87. The fraction of sp³-hybridized carbons (Fsp3) is 0.471. The molecule has 126 valence electrons. The second kappa shape index (κ2) is 8.31. The zero-order valence-corrected chi connectivity index (χ0v) is 13.8. The molecule has 0 bridgehead atoms. The largest absolute Gasteiger partial charge is 0.481 e. The van der Waals surface area contributed by atoms with Gasteiger partial charge in [-0.2, -0.15) is 0 Å². The molecule has 0 saturated carbocycles. The maximum atomic E-state index is 12.0. The molecule has 1 aromatic rings. The Morgan fingerprint density at radius 2 is 1.70 bits per heavy atom. The third-order valence-corrected chi connectivity index (χ3v) is 3.05. The molecule has 1 atom stereocenters. The summed E-state index contributed by atoms with van der Waals surface area (Å²) in [4.78, 5) is 34.6. The van der Waals surface area contributed by atoms with Crippen LogP contribution in [0.1, 0.15) is 45.2 Å². The predicted molar refractivity (Wildman–Crippen MR) is 86.7 cm³/mol. The molecular formula is C17H24N2O4. The van der Waals surface area contributed by atoms with Gasteiger partial charge >= 0.3 is 5.97 Å². The summed E-state index contributed by atoms with van der Waals surface area (Å²) >= 11 is 0. The third kappa shape index (κ3) is 7.99. The minimum Gasteiger partial charge on any atom is -0.481 e. The SMILES string of the molecule is CC(C)(C)CC(=O)NCC(=O)NC(CC(=O)O)c1ccccc1.